The molecule has 9 heteroatoms. The van der Waals surface area contributed by atoms with Crippen molar-refractivity contribution in [1.82, 2.24) is 20.2 Å². The summed E-state index contributed by atoms with van der Waals surface area (Å²) in [7, 11) is 0. The van der Waals surface area contributed by atoms with Crippen LogP contribution >= 0.6 is 0 Å². The predicted molar refractivity (Wildman–Crippen MR) is 161 cm³/mol. The maximum atomic E-state index is 16.6. The van der Waals surface area contributed by atoms with E-state index in [4.69, 9.17) is 19.4 Å². The lowest BCUT2D eigenvalue weighted by molar-refractivity contribution is 0.0231. The summed E-state index contributed by atoms with van der Waals surface area (Å²) in [6.07, 6.45) is 4.49. The number of anilines is 1. The highest BCUT2D eigenvalue weighted by Crippen LogP contribution is 2.47. The Balaban J connectivity index is 1.19. The van der Waals surface area contributed by atoms with Crippen molar-refractivity contribution in [3.63, 3.8) is 0 Å². The number of piperazine rings is 1. The van der Waals surface area contributed by atoms with Crippen LogP contribution in [0.4, 0.5) is 10.2 Å². The Bertz CT molecular complexity index is 1640. The minimum atomic E-state index is -0.427. The van der Waals surface area contributed by atoms with Gasteiger partial charge in [0.25, 0.3) is 0 Å². The molecule has 0 amide bonds. The quantitative estimate of drug-likeness (QED) is 0.331. The minimum absolute atomic E-state index is 0.0881. The van der Waals surface area contributed by atoms with Crippen molar-refractivity contribution in [1.29, 1.82) is 0 Å². The molecule has 2 unspecified atom stereocenters. The number of aromatic nitrogens is 2. The van der Waals surface area contributed by atoms with Gasteiger partial charge in [0.05, 0.1) is 19.8 Å². The van der Waals surface area contributed by atoms with E-state index in [-0.39, 0.29) is 22.7 Å². The van der Waals surface area contributed by atoms with Crippen molar-refractivity contribution in [3.8, 4) is 22.9 Å². The van der Waals surface area contributed by atoms with Crippen LogP contribution in [0.25, 0.3) is 32.8 Å². The summed E-state index contributed by atoms with van der Waals surface area (Å²) in [5.41, 5.74) is 1.38. The highest BCUT2D eigenvalue weighted by atomic mass is 19.1. The van der Waals surface area contributed by atoms with Gasteiger partial charge in [-0.3, -0.25) is 4.90 Å². The highest BCUT2D eigenvalue weighted by molar-refractivity contribution is 6.01. The van der Waals surface area contributed by atoms with Gasteiger partial charge < -0.3 is 24.8 Å². The van der Waals surface area contributed by atoms with E-state index in [1.807, 2.05) is 30.3 Å². The summed E-state index contributed by atoms with van der Waals surface area (Å²) in [5.74, 6) is 0.406. The molecule has 0 spiro atoms. The molecule has 42 heavy (non-hydrogen) atoms. The van der Waals surface area contributed by atoms with Crippen molar-refractivity contribution in [3.05, 3.63) is 54.3 Å². The van der Waals surface area contributed by atoms with Crippen molar-refractivity contribution in [2.24, 2.45) is 5.41 Å². The molecular formula is C33H36FN5O3. The van der Waals surface area contributed by atoms with E-state index < -0.39 is 5.82 Å². The Labute approximate surface area is 244 Å². The van der Waals surface area contributed by atoms with Gasteiger partial charge in [-0.25, -0.2) is 4.39 Å². The zero-order chi connectivity index (χ0) is 28.3. The number of fused-ring (bicyclic) bond motifs is 4. The van der Waals surface area contributed by atoms with Crippen molar-refractivity contribution >= 4 is 27.5 Å². The lowest BCUT2D eigenvalue weighted by Crippen LogP contribution is -2.51. The van der Waals surface area contributed by atoms with Gasteiger partial charge in [0.2, 0.25) is 0 Å². The highest BCUT2D eigenvalue weighted by Gasteiger charge is 2.45. The van der Waals surface area contributed by atoms with E-state index >= 15 is 4.39 Å². The zero-order valence-electron chi connectivity index (χ0n) is 23.7. The predicted octanol–water partition coefficient (Wildman–Crippen LogP) is 4.73. The van der Waals surface area contributed by atoms with Gasteiger partial charge in [0.1, 0.15) is 17.1 Å². The molecule has 218 valence electrons. The molecule has 1 aromatic heterocycles. The van der Waals surface area contributed by atoms with Crippen LogP contribution < -0.4 is 15.0 Å². The number of phenols is 1. The first-order valence-electron chi connectivity index (χ1n) is 15.2. The molecule has 4 heterocycles. The normalized spacial score (nSPS) is 23.5. The lowest BCUT2D eigenvalue weighted by Gasteiger charge is -2.34. The summed E-state index contributed by atoms with van der Waals surface area (Å²) in [5, 5.41) is 16.6. The summed E-state index contributed by atoms with van der Waals surface area (Å²) in [4.78, 5) is 14.4. The number of benzene rings is 3. The molecule has 1 aliphatic carbocycles. The first-order chi connectivity index (χ1) is 20.5. The van der Waals surface area contributed by atoms with Crippen LogP contribution in [0.15, 0.2) is 48.5 Å². The monoisotopic (exact) mass is 569 g/mol. The number of nitrogens with one attached hydrogen (secondary N) is 1. The number of hydrogen-bond donors (Lipinski definition) is 2. The summed E-state index contributed by atoms with van der Waals surface area (Å²) >= 11 is 0. The Kier molecular flexibility index (Phi) is 6.42. The van der Waals surface area contributed by atoms with E-state index in [0.29, 0.717) is 35.2 Å². The molecule has 4 aliphatic rings. The third-order valence-electron chi connectivity index (χ3n) is 9.55. The second-order valence-electron chi connectivity index (χ2n) is 12.6. The van der Waals surface area contributed by atoms with Gasteiger partial charge in [-0.15, -0.1) is 0 Å². The minimum Gasteiger partial charge on any atom is -0.508 e. The summed E-state index contributed by atoms with van der Waals surface area (Å²) in [6.45, 7) is 6.57. The fourth-order valence-corrected chi connectivity index (χ4v) is 7.10. The van der Waals surface area contributed by atoms with Gasteiger partial charge in [-0.05, 0) is 60.2 Å². The number of morpholine rings is 1. The zero-order valence-corrected chi connectivity index (χ0v) is 23.7. The number of hydrogen-bond acceptors (Lipinski definition) is 8. The summed E-state index contributed by atoms with van der Waals surface area (Å²) < 4.78 is 28.5. The maximum absolute atomic E-state index is 16.6. The van der Waals surface area contributed by atoms with Gasteiger partial charge in [-0.1, -0.05) is 30.3 Å². The topological polar surface area (TPSA) is 83.0 Å². The van der Waals surface area contributed by atoms with Crippen LogP contribution in [0.3, 0.4) is 0 Å². The first-order valence-corrected chi connectivity index (χ1v) is 15.2. The molecule has 2 atom stereocenters. The molecule has 8 rings (SSSR count). The van der Waals surface area contributed by atoms with E-state index in [1.165, 1.54) is 0 Å². The van der Waals surface area contributed by atoms with Crippen molar-refractivity contribution < 1.29 is 19.0 Å². The standard InChI is InChI=1S/C33H36FN5O3/c34-29-26(28-16-24(40)15-21-3-1-2-4-25(21)28)7-8-27-30(29)36-32(37-31(27)39-17-22-5-6-23(18-39)35-22)42-20-33(9-10-33)19-38-11-13-41-14-12-38/h1-4,7-8,15-16,22-23,35,40H,5-6,9-14,17-20H2. The molecule has 4 fully saturated rings. The third kappa shape index (κ3) is 4.83. The number of nitrogens with zero attached hydrogens (tertiary/aromatic N) is 4. The van der Waals surface area contributed by atoms with Crippen LogP contribution in [0, 0.1) is 11.2 Å². The fraction of sp³-hybridized carbons (Fsp3) is 0.455. The Hall–Kier alpha value is -3.53. The van der Waals surface area contributed by atoms with E-state index in [9.17, 15) is 5.11 Å². The SMILES string of the molecule is Oc1cc(-c2ccc3c(N4CC5CCC(C4)N5)nc(OCC4(CN5CCOCC5)CC4)nc3c2F)c2ccccc2c1. The molecule has 0 radical (unpaired) electrons. The van der Waals surface area contributed by atoms with Crippen LogP contribution in [0.1, 0.15) is 25.7 Å². The molecule has 2 bridgehead atoms. The Morgan fingerprint density at radius 2 is 1.76 bits per heavy atom. The number of rotatable bonds is 7. The molecule has 3 saturated heterocycles. The molecule has 2 N–H and O–H groups in total. The smallest absolute Gasteiger partial charge is 0.319 e. The molecule has 3 aromatic carbocycles. The average molecular weight is 570 g/mol. The number of aromatic hydroxyl groups is 1. The number of ether oxygens (including phenoxy) is 2. The van der Waals surface area contributed by atoms with Gasteiger partial charge >= 0.3 is 6.01 Å². The number of phenolic OH excluding ortho intramolecular Hbond substituents is 1. The van der Waals surface area contributed by atoms with Crippen LogP contribution in [-0.2, 0) is 4.74 Å². The first kappa shape index (κ1) is 26.1. The van der Waals surface area contributed by atoms with Crippen molar-refractivity contribution in [2.75, 3.05) is 57.4 Å². The molecule has 4 aromatic rings. The molecule has 1 saturated carbocycles. The van der Waals surface area contributed by atoms with Crippen LogP contribution in [0.2, 0.25) is 0 Å². The maximum Gasteiger partial charge on any atom is 0.319 e. The average Bonchev–Trinajstić information content (AvgIpc) is 3.69. The van der Waals surface area contributed by atoms with Crippen LogP contribution in [0.5, 0.6) is 11.8 Å². The van der Waals surface area contributed by atoms with Gasteiger partial charge in [0, 0.05) is 61.2 Å². The third-order valence-corrected chi connectivity index (χ3v) is 9.55. The van der Waals surface area contributed by atoms with Gasteiger partial charge in [-0.2, -0.15) is 9.97 Å². The molecule has 3 aliphatic heterocycles. The van der Waals surface area contributed by atoms with Gasteiger partial charge in [0.15, 0.2) is 5.82 Å². The van der Waals surface area contributed by atoms with E-state index in [0.717, 1.165) is 88.2 Å². The van der Waals surface area contributed by atoms with E-state index in [1.54, 1.807) is 18.2 Å². The Morgan fingerprint density at radius 3 is 2.55 bits per heavy atom. The second kappa shape index (κ2) is 10.3. The van der Waals surface area contributed by atoms with Crippen LogP contribution in [-0.4, -0.2) is 84.6 Å². The lowest BCUT2D eigenvalue weighted by atomic mass is 9.96. The largest absolute Gasteiger partial charge is 0.508 e. The Morgan fingerprint density at radius 1 is 0.976 bits per heavy atom. The van der Waals surface area contributed by atoms with E-state index in [2.05, 4.69) is 15.1 Å². The fourth-order valence-electron chi connectivity index (χ4n) is 7.10. The number of halogens is 1. The summed E-state index contributed by atoms with van der Waals surface area (Å²) in [6, 6.07) is 15.8. The van der Waals surface area contributed by atoms with Crippen molar-refractivity contribution in [2.45, 2.75) is 37.8 Å². The molecular weight excluding hydrogens is 533 g/mol. The second-order valence-corrected chi connectivity index (χ2v) is 12.6. The molecule has 8 nitrogen and oxygen atoms in total.